The maximum Gasteiger partial charge on any atom is 0.321 e. The zero-order valence-corrected chi connectivity index (χ0v) is 13.0. The van der Waals surface area contributed by atoms with Crippen LogP contribution >= 0.6 is 11.8 Å². The standard InChI is InChI=1S/C16H14F2N2O2S/c1-19-16(22)20-15(21)14(10-5-3-2-4-6-10)23-13-9-11(17)7-8-12(13)18/h2-9,14H,1H3,(H2,19,20,21,22)/t14-/m0/s1. The van der Waals surface area contributed by atoms with Crippen molar-refractivity contribution in [2.24, 2.45) is 0 Å². The highest BCUT2D eigenvalue weighted by Crippen LogP contribution is 2.37. The molecule has 120 valence electrons. The molecule has 0 aliphatic carbocycles. The van der Waals surface area contributed by atoms with Crippen LogP contribution in [0.2, 0.25) is 0 Å². The van der Waals surface area contributed by atoms with Crippen LogP contribution in [-0.4, -0.2) is 19.0 Å². The van der Waals surface area contributed by atoms with Crippen molar-refractivity contribution in [3.8, 4) is 0 Å². The van der Waals surface area contributed by atoms with Gasteiger partial charge in [-0.15, -0.1) is 11.8 Å². The van der Waals surface area contributed by atoms with Crippen LogP contribution < -0.4 is 10.6 Å². The van der Waals surface area contributed by atoms with Gasteiger partial charge in [-0.2, -0.15) is 0 Å². The van der Waals surface area contributed by atoms with Crippen molar-refractivity contribution in [2.75, 3.05) is 7.05 Å². The molecule has 0 radical (unpaired) electrons. The first kappa shape index (κ1) is 17.0. The number of carbonyl (C=O) groups excluding carboxylic acids is 2. The van der Waals surface area contributed by atoms with Crippen molar-refractivity contribution in [3.05, 3.63) is 65.7 Å². The number of hydrogen-bond donors (Lipinski definition) is 2. The molecule has 2 N–H and O–H groups in total. The zero-order chi connectivity index (χ0) is 16.8. The van der Waals surface area contributed by atoms with Gasteiger partial charge in [-0.05, 0) is 23.8 Å². The summed E-state index contributed by atoms with van der Waals surface area (Å²) in [5.41, 5.74) is 0.572. The third-order valence-electron chi connectivity index (χ3n) is 2.94. The van der Waals surface area contributed by atoms with Crippen LogP contribution in [-0.2, 0) is 4.79 Å². The highest BCUT2D eigenvalue weighted by atomic mass is 32.2. The van der Waals surface area contributed by atoms with Gasteiger partial charge < -0.3 is 5.32 Å². The summed E-state index contributed by atoms with van der Waals surface area (Å²) in [4.78, 5) is 23.6. The van der Waals surface area contributed by atoms with Gasteiger partial charge in [0, 0.05) is 11.9 Å². The average molecular weight is 336 g/mol. The molecular formula is C16H14F2N2O2S. The summed E-state index contributed by atoms with van der Waals surface area (Å²) in [6.45, 7) is 0. The number of hydrogen-bond acceptors (Lipinski definition) is 3. The molecule has 3 amide bonds. The smallest absolute Gasteiger partial charge is 0.321 e. The molecule has 0 unspecified atom stereocenters. The average Bonchev–Trinajstić information content (AvgIpc) is 2.56. The number of thioether (sulfide) groups is 1. The Hall–Kier alpha value is -2.41. The number of urea groups is 1. The highest BCUT2D eigenvalue weighted by Gasteiger charge is 2.24. The fourth-order valence-electron chi connectivity index (χ4n) is 1.84. The number of nitrogens with one attached hydrogen (secondary N) is 2. The van der Waals surface area contributed by atoms with E-state index in [0.29, 0.717) is 5.56 Å². The predicted molar refractivity (Wildman–Crippen MR) is 84.0 cm³/mol. The molecule has 0 heterocycles. The number of rotatable bonds is 4. The number of imide groups is 1. The molecule has 1 atom stereocenters. The molecule has 4 nitrogen and oxygen atoms in total. The lowest BCUT2D eigenvalue weighted by Gasteiger charge is -2.16. The number of carbonyl (C=O) groups is 2. The molecule has 7 heteroatoms. The monoisotopic (exact) mass is 336 g/mol. The molecule has 0 spiro atoms. The van der Waals surface area contributed by atoms with E-state index < -0.39 is 28.8 Å². The second kappa shape index (κ2) is 7.73. The zero-order valence-electron chi connectivity index (χ0n) is 12.2. The van der Waals surface area contributed by atoms with E-state index in [9.17, 15) is 18.4 Å². The first-order valence-corrected chi connectivity index (χ1v) is 7.58. The molecular weight excluding hydrogens is 322 g/mol. The van der Waals surface area contributed by atoms with Gasteiger partial charge >= 0.3 is 6.03 Å². The molecule has 0 aliphatic rings. The van der Waals surface area contributed by atoms with Crippen molar-refractivity contribution >= 4 is 23.7 Å². The van der Waals surface area contributed by atoms with Crippen molar-refractivity contribution < 1.29 is 18.4 Å². The Morgan fingerprint density at radius 3 is 2.43 bits per heavy atom. The van der Waals surface area contributed by atoms with E-state index in [0.717, 1.165) is 30.0 Å². The van der Waals surface area contributed by atoms with Gasteiger partial charge in [-0.25, -0.2) is 13.6 Å². The van der Waals surface area contributed by atoms with Gasteiger partial charge in [-0.3, -0.25) is 10.1 Å². The van der Waals surface area contributed by atoms with Crippen LogP contribution in [0.25, 0.3) is 0 Å². The first-order valence-electron chi connectivity index (χ1n) is 6.70. The Kier molecular flexibility index (Phi) is 5.70. The summed E-state index contributed by atoms with van der Waals surface area (Å²) in [6.07, 6.45) is 0. The largest absolute Gasteiger partial charge is 0.341 e. The van der Waals surface area contributed by atoms with E-state index in [1.807, 2.05) is 0 Å². The minimum atomic E-state index is -0.898. The Morgan fingerprint density at radius 2 is 1.78 bits per heavy atom. The van der Waals surface area contributed by atoms with Gasteiger partial charge in [0.15, 0.2) is 0 Å². The molecule has 23 heavy (non-hydrogen) atoms. The van der Waals surface area contributed by atoms with Gasteiger partial charge in [0.05, 0.1) is 0 Å². The van der Waals surface area contributed by atoms with Crippen molar-refractivity contribution in [1.29, 1.82) is 0 Å². The van der Waals surface area contributed by atoms with Crippen LogP contribution in [0.1, 0.15) is 10.8 Å². The summed E-state index contributed by atoms with van der Waals surface area (Å²) < 4.78 is 27.2. The van der Waals surface area contributed by atoms with Gasteiger partial charge in [0.25, 0.3) is 0 Å². The quantitative estimate of drug-likeness (QED) is 0.843. The van der Waals surface area contributed by atoms with E-state index in [2.05, 4.69) is 10.6 Å². The Labute approximate surface area is 136 Å². The summed E-state index contributed by atoms with van der Waals surface area (Å²) in [7, 11) is 1.37. The highest BCUT2D eigenvalue weighted by molar-refractivity contribution is 8.00. The molecule has 0 saturated carbocycles. The summed E-state index contributed by atoms with van der Waals surface area (Å²) in [5, 5.41) is 3.53. The molecule has 2 aromatic rings. The van der Waals surface area contributed by atoms with Gasteiger partial charge in [0.1, 0.15) is 16.9 Å². The van der Waals surface area contributed by atoms with Gasteiger partial charge in [0.2, 0.25) is 5.91 Å². The number of benzene rings is 2. The fourth-order valence-corrected chi connectivity index (χ4v) is 2.91. The van der Waals surface area contributed by atoms with E-state index in [4.69, 9.17) is 0 Å². The molecule has 2 rings (SSSR count). The lowest BCUT2D eigenvalue weighted by atomic mass is 10.1. The minimum Gasteiger partial charge on any atom is -0.341 e. The van der Waals surface area contributed by atoms with Crippen LogP contribution in [0.4, 0.5) is 13.6 Å². The van der Waals surface area contributed by atoms with E-state index in [1.165, 1.54) is 7.05 Å². The van der Waals surface area contributed by atoms with E-state index in [-0.39, 0.29) is 4.90 Å². The SMILES string of the molecule is CNC(=O)NC(=O)[C@@H](Sc1cc(F)ccc1F)c1ccccc1. The fraction of sp³-hybridized carbons (Fsp3) is 0.125. The Bertz CT molecular complexity index is 710. The Morgan fingerprint density at radius 1 is 1.09 bits per heavy atom. The van der Waals surface area contributed by atoms with E-state index >= 15 is 0 Å². The maximum absolute atomic E-state index is 13.8. The van der Waals surface area contributed by atoms with Gasteiger partial charge in [-0.1, -0.05) is 30.3 Å². The second-order valence-corrected chi connectivity index (χ2v) is 5.70. The topological polar surface area (TPSA) is 58.2 Å². The third kappa shape index (κ3) is 4.53. The lowest BCUT2D eigenvalue weighted by Crippen LogP contribution is -2.39. The van der Waals surface area contributed by atoms with Crippen LogP contribution in [0.15, 0.2) is 53.4 Å². The normalized spacial score (nSPS) is 11.6. The van der Waals surface area contributed by atoms with Crippen molar-refractivity contribution in [3.63, 3.8) is 0 Å². The molecule has 0 aliphatic heterocycles. The third-order valence-corrected chi connectivity index (χ3v) is 4.23. The van der Waals surface area contributed by atoms with Crippen LogP contribution in [0.5, 0.6) is 0 Å². The van der Waals surface area contributed by atoms with E-state index in [1.54, 1.807) is 30.3 Å². The number of halogens is 2. The van der Waals surface area contributed by atoms with Crippen molar-refractivity contribution in [2.45, 2.75) is 10.1 Å². The maximum atomic E-state index is 13.8. The Balaban J connectivity index is 2.32. The predicted octanol–water partition coefficient (Wildman–Crippen LogP) is 3.25. The molecule has 0 fully saturated rings. The van der Waals surface area contributed by atoms with Crippen molar-refractivity contribution in [1.82, 2.24) is 10.6 Å². The summed E-state index contributed by atoms with van der Waals surface area (Å²) in [6, 6.07) is 10.9. The molecule has 0 bridgehead atoms. The number of amides is 3. The first-order chi connectivity index (χ1) is 11.0. The minimum absolute atomic E-state index is 0.00842. The second-order valence-electron chi connectivity index (χ2n) is 4.55. The molecule has 2 aromatic carbocycles. The summed E-state index contributed by atoms with van der Waals surface area (Å²) in [5.74, 6) is -1.86. The summed E-state index contributed by atoms with van der Waals surface area (Å²) >= 11 is 0.836. The van der Waals surface area contributed by atoms with Crippen LogP contribution in [0.3, 0.4) is 0 Å². The molecule has 0 saturated heterocycles. The van der Waals surface area contributed by atoms with Crippen LogP contribution in [0, 0.1) is 11.6 Å². The molecule has 0 aromatic heterocycles. The lowest BCUT2D eigenvalue weighted by molar-refractivity contribution is -0.119.